The SMILES string of the molecule is O=C(NCCc1c[nH]c2ccc(Oc3ccccc3)cc12)OCc1cccc(Oc2ccccc2)c1. The number of hydrogen-bond donors (Lipinski definition) is 2. The Bertz CT molecular complexity index is 1430. The molecule has 1 heterocycles. The Kier molecular flexibility index (Phi) is 7.14. The molecule has 0 fully saturated rings. The van der Waals surface area contributed by atoms with Crippen molar-refractivity contribution < 1.29 is 19.0 Å². The van der Waals surface area contributed by atoms with E-state index in [1.54, 1.807) is 0 Å². The zero-order valence-corrected chi connectivity index (χ0v) is 19.6. The molecule has 0 unspecified atom stereocenters. The van der Waals surface area contributed by atoms with E-state index in [-0.39, 0.29) is 6.61 Å². The van der Waals surface area contributed by atoms with Crippen molar-refractivity contribution in [2.24, 2.45) is 0 Å². The number of ether oxygens (including phenoxy) is 3. The van der Waals surface area contributed by atoms with E-state index in [1.165, 1.54) is 0 Å². The van der Waals surface area contributed by atoms with Crippen LogP contribution < -0.4 is 14.8 Å². The molecule has 0 radical (unpaired) electrons. The zero-order chi connectivity index (χ0) is 24.6. The summed E-state index contributed by atoms with van der Waals surface area (Å²) in [5, 5.41) is 3.89. The fourth-order valence-corrected chi connectivity index (χ4v) is 3.87. The fraction of sp³-hybridized carbons (Fsp3) is 0.100. The van der Waals surface area contributed by atoms with Gasteiger partial charge in [-0.1, -0.05) is 48.5 Å². The van der Waals surface area contributed by atoms with Crippen LogP contribution in [0.5, 0.6) is 23.0 Å². The van der Waals surface area contributed by atoms with Gasteiger partial charge in [-0.2, -0.15) is 0 Å². The molecule has 0 aliphatic heterocycles. The molecule has 0 atom stereocenters. The van der Waals surface area contributed by atoms with E-state index in [2.05, 4.69) is 10.3 Å². The van der Waals surface area contributed by atoms with Gasteiger partial charge in [0.25, 0.3) is 0 Å². The monoisotopic (exact) mass is 478 g/mol. The third kappa shape index (κ3) is 6.04. The van der Waals surface area contributed by atoms with Crippen molar-refractivity contribution in [1.29, 1.82) is 0 Å². The number of aromatic amines is 1. The lowest BCUT2D eigenvalue weighted by atomic mass is 10.1. The number of alkyl carbamates (subject to hydrolysis) is 1. The number of benzene rings is 4. The van der Waals surface area contributed by atoms with Gasteiger partial charge >= 0.3 is 6.09 Å². The van der Waals surface area contributed by atoms with Crippen molar-refractivity contribution in [1.82, 2.24) is 10.3 Å². The van der Waals surface area contributed by atoms with Crippen molar-refractivity contribution in [3.63, 3.8) is 0 Å². The fourth-order valence-electron chi connectivity index (χ4n) is 3.87. The molecule has 36 heavy (non-hydrogen) atoms. The molecule has 2 N–H and O–H groups in total. The Labute approximate surface area is 209 Å². The first-order valence-electron chi connectivity index (χ1n) is 11.8. The smallest absolute Gasteiger partial charge is 0.407 e. The van der Waals surface area contributed by atoms with Crippen LogP contribution in [0.4, 0.5) is 4.79 Å². The maximum Gasteiger partial charge on any atom is 0.407 e. The molecule has 0 bridgehead atoms. The predicted molar refractivity (Wildman–Crippen MR) is 140 cm³/mol. The Morgan fingerprint density at radius 1 is 0.722 bits per heavy atom. The summed E-state index contributed by atoms with van der Waals surface area (Å²) in [5.74, 6) is 3.00. The molecule has 0 spiro atoms. The second-order valence-corrected chi connectivity index (χ2v) is 8.25. The lowest BCUT2D eigenvalue weighted by Crippen LogP contribution is -2.26. The number of para-hydroxylation sites is 2. The second kappa shape index (κ2) is 11.1. The largest absolute Gasteiger partial charge is 0.457 e. The Hall–Kier alpha value is -4.71. The Balaban J connectivity index is 1.12. The topological polar surface area (TPSA) is 72.6 Å². The molecule has 0 saturated carbocycles. The van der Waals surface area contributed by atoms with Gasteiger partial charge in [0.15, 0.2) is 0 Å². The number of carbonyl (C=O) groups excluding carboxylic acids is 1. The molecule has 1 amide bonds. The molecular formula is C30H26N2O4. The molecule has 4 aromatic carbocycles. The minimum Gasteiger partial charge on any atom is -0.457 e. The number of hydrogen-bond acceptors (Lipinski definition) is 4. The van der Waals surface area contributed by atoms with Crippen molar-refractivity contribution in [3.05, 3.63) is 120 Å². The summed E-state index contributed by atoms with van der Waals surface area (Å²) in [6.07, 6.45) is 2.16. The lowest BCUT2D eigenvalue weighted by molar-refractivity contribution is 0.139. The highest BCUT2D eigenvalue weighted by molar-refractivity contribution is 5.84. The van der Waals surface area contributed by atoms with E-state index in [9.17, 15) is 4.79 Å². The van der Waals surface area contributed by atoms with Gasteiger partial charge in [-0.3, -0.25) is 0 Å². The third-order valence-electron chi connectivity index (χ3n) is 5.63. The summed E-state index contributed by atoms with van der Waals surface area (Å²) in [5.41, 5.74) is 2.96. The number of fused-ring (bicyclic) bond motifs is 1. The van der Waals surface area contributed by atoms with E-state index >= 15 is 0 Å². The van der Waals surface area contributed by atoms with Gasteiger partial charge in [-0.15, -0.1) is 0 Å². The minimum atomic E-state index is -0.461. The molecule has 6 heteroatoms. The van der Waals surface area contributed by atoms with Crippen LogP contribution in [0.3, 0.4) is 0 Å². The predicted octanol–water partition coefficient (Wildman–Crippen LogP) is 7.22. The Morgan fingerprint density at radius 3 is 2.11 bits per heavy atom. The van der Waals surface area contributed by atoms with Crippen LogP contribution in [0.25, 0.3) is 10.9 Å². The van der Waals surface area contributed by atoms with E-state index in [1.807, 2.05) is 109 Å². The quantitative estimate of drug-likeness (QED) is 0.235. The number of H-pyrrole nitrogens is 1. The van der Waals surface area contributed by atoms with Crippen LogP contribution in [0, 0.1) is 0 Å². The van der Waals surface area contributed by atoms with Crippen LogP contribution in [0.1, 0.15) is 11.1 Å². The first-order chi connectivity index (χ1) is 17.7. The first-order valence-corrected chi connectivity index (χ1v) is 11.8. The van der Waals surface area contributed by atoms with Gasteiger partial charge in [0, 0.05) is 23.6 Å². The summed E-state index contributed by atoms with van der Waals surface area (Å²) >= 11 is 0. The van der Waals surface area contributed by atoms with E-state index in [4.69, 9.17) is 14.2 Å². The second-order valence-electron chi connectivity index (χ2n) is 8.25. The molecule has 1 aromatic heterocycles. The summed E-state index contributed by atoms with van der Waals surface area (Å²) in [7, 11) is 0. The van der Waals surface area contributed by atoms with Gasteiger partial charge in [-0.05, 0) is 72.1 Å². The van der Waals surface area contributed by atoms with Crippen molar-refractivity contribution >= 4 is 17.0 Å². The maximum absolute atomic E-state index is 12.2. The average molecular weight is 479 g/mol. The maximum atomic E-state index is 12.2. The van der Waals surface area contributed by atoms with Gasteiger partial charge in [0.2, 0.25) is 0 Å². The van der Waals surface area contributed by atoms with Gasteiger partial charge < -0.3 is 24.5 Å². The number of amides is 1. The van der Waals surface area contributed by atoms with Crippen LogP contribution in [-0.4, -0.2) is 17.6 Å². The van der Waals surface area contributed by atoms with Gasteiger partial charge in [-0.25, -0.2) is 4.79 Å². The van der Waals surface area contributed by atoms with Crippen LogP contribution >= 0.6 is 0 Å². The molecular weight excluding hydrogens is 452 g/mol. The number of aromatic nitrogens is 1. The van der Waals surface area contributed by atoms with Crippen LogP contribution in [-0.2, 0) is 17.8 Å². The summed E-state index contributed by atoms with van der Waals surface area (Å²) in [6, 6.07) is 32.7. The van der Waals surface area contributed by atoms with Crippen molar-refractivity contribution in [2.75, 3.05) is 6.54 Å². The number of nitrogens with one attached hydrogen (secondary N) is 2. The molecule has 0 aliphatic carbocycles. The standard InChI is InChI=1S/C30H26N2O4/c33-30(34-21-22-8-7-13-26(18-22)35-24-9-3-1-4-10-24)31-17-16-23-20-32-29-15-14-27(19-28(23)29)36-25-11-5-2-6-12-25/h1-15,18-20,32H,16-17,21H2,(H,31,33). The number of rotatable bonds is 9. The summed E-state index contributed by atoms with van der Waals surface area (Å²) in [4.78, 5) is 15.5. The lowest BCUT2D eigenvalue weighted by Gasteiger charge is -2.09. The van der Waals surface area contributed by atoms with E-state index in [0.29, 0.717) is 18.7 Å². The average Bonchev–Trinajstić information content (AvgIpc) is 3.31. The van der Waals surface area contributed by atoms with Crippen LogP contribution in [0.15, 0.2) is 109 Å². The highest BCUT2D eigenvalue weighted by Gasteiger charge is 2.08. The molecule has 5 rings (SSSR count). The van der Waals surface area contributed by atoms with E-state index in [0.717, 1.165) is 39.3 Å². The molecule has 180 valence electrons. The van der Waals surface area contributed by atoms with Crippen molar-refractivity contribution in [3.8, 4) is 23.0 Å². The normalized spacial score (nSPS) is 10.7. The van der Waals surface area contributed by atoms with E-state index < -0.39 is 6.09 Å². The third-order valence-corrected chi connectivity index (χ3v) is 5.63. The van der Waals surface area contributed by atoms with Crippen LogP contribution in [0.2, 0.25) is 0 Å². The molecule has 0 aliphatic rings. The summed E-state index contributed by atoms with van der Waals surface area (Å²) in [6.45, 7) is 0.609. The summed E-state index contributed by atoms with van der Waals surface area (Å²) < 4.78 is 17.2. The molecule has 6 nitrogen and oxygen atoms in total. The minimum absolute atomic E-state index is 0.158. The molecule has 0 saturated heterocycles. The van der Waals surface area contributed by atoms with Gasteiger partial charge in [0.1, 0.15) is 29.6 Å². The molecule has 5 aromatic rings. The highest BCUT2D eigenvalue weighted by atomic mass is 16.5. The highest BCUT2D eigenvalue weighted by Crippen LogP contribution is 2.27. The zero-order valence-electron chi connectivity index (χ0n) is 19.6. The first kappa shape index (κ1) is 23.1. The number of carbonyl (C=O) groups is 1. The van der Waals surface area contributed by atoms with Gasteiger partial charge in [0.05, 0.1) is 0 Å². The Morgan fingerprint density at radius 2 is 1.39 bits per heavy atom. The van der Waals surface area contributed by atoms with Crippen molar-refractivity contribution in [2.45, 2.75) is 13.0 Å².